The Bertz CT molecular complexity index is 822. The average molecular weight is 416 g/mol. The smallest absolute Gasteiger partial charge is 0.354 e. The van der Waals surface area contributed by atoms with E-state index in [1.165, 1.54) is 18.2 Å². The van der Waals surface area contributed by atoms with Crippen molar-refractivity contribution in [1.82, 2.24) is 10.3 Å². The number of carbonyl (C=O) groups is 1. The Morgan fingerprint density at radius 1 is 1.29 bits per heavy atom. The van der Waals surface area contributed by atoms with Crippen molar-refractivity contribution >= 4 is 23.3 Å². The van der Waals surface area contributed by atoms with Crippen molar-refractivity contribution in [1.29, 1.82) is 0 Å². The number of rotatable bonds is 5. The highest BCUT2D eigenvalue weighted by Gasteiger charge is 2.31. The van der Waals surface area contributed by atoms with Gasteiger partial charge in [-0.05, 0) is 37.1 Å². The molecule has 1 aliphatic rings. The van der Waals surface area contributed by atoms with Crippen molar-refractivity contribution in [2.45, 2.75) is 31.5 Å². The van der Waals surface area contributed by atoms with Gasteiger partial charge in [0.15, 0.2) is 0 Å². The lowest BCUT2D eigenvalue weighted by Gasteiger charge is -2.18. The van der Waals surface area contributed by atoms with Crippen LogP contribution in [-0.2, 0) is 17.4 Å². The molecule has 150 valence electrons. The van der Waals surface area contributed by atoms with Gasteiger partial charge in [-0.2, -0.15) is 13.2 Å². The van der Waals surface area contributed by atoms with E-state index in [-0.39, 0.29) is 29.8 Å². The zero-order valence-corrected chi connectivity index (χ0v) is 15.5. The van der Waals surface area contributed by atoms with Crippen LogP contribution in [0.25, 0.3) is 0 Å². The Morgan fingerprint density at radius 2 is 2.07 bits per heavy atom. The van der Waals surface area contributed by atoms with Crippen molar-refractivity contribution in [2.75, 3.05) is 18.0 Å². The van der Waals surface area contributed by atoms with Gasteiger partial charge in [0.05, 0.1) is 5.56 Å². The Kier molecular flexibility index (Phi) is 6.07. The van der Waals surface area contributed by atoms with Gasteiger partial charge in [-0.1, -0.05) is 17.7 Å². The first-order chi connectivity index (χ1) is 13.2. The van der Waals surface area contributed by atoms with Gasteiger partial charge in [-0.3, -0.25) is 4.79 Å². The minimum absolute atomic E-state index is 0.0929. The number of hydrogen-bond acceptors (Lipinski definition) is 3. The van der Waals surface area contributed by atoms with Crippen LogP contribution in [0.15, 0.2) is 36.5 Å². The standard InChI is InChI=1S/C19H18ClF4N3O/c20-15-2-1-3-16(21)14(15)5-7-18(28)26-13-8-9-27(11-13)17-6-4-12(10-25-17)19(22,23)24/h1-4,6,10,13H,5,7-9,11H2,(H,26,28). The minimum atomic E-state index is -4.42. The number of nitrogens with zero attached hydrogens (tertiary/aromatic N) is 2. The monoisotopic (exact) mass is 415 g/mol. The quantitative estimate of drug-likeness (QED) is 0.744. The summed E-state index contributed by atoms with van der Waals surface area (Å²) < 4.78 is 51.6. The molecule has 1 aromatic heterocycles. The van der Waals surface area contributed by atoms with Crippen LogP contribution in [0.1, 0.15) is 24.0 Å². The molecule has 1 aliphatic heterocycles. The normalized spacial score (nSPS) is 17.0. The third-order valence-corrected chi connectivity index (χ3v) is 4.97. The van der Waals surface area contributed by atoms with E-state index in [9.17, 15) is 22.4 Å². The molecule has 1 aromatic carbocycles. The maximum Gasteiger partial charge on any atom is 0.417 e. The summed E-state index contributed by atoms with van der Waals surface area (Å²) in [5.74, 6) is -0.241. The van der Waals surface area contributed by atoms with E-state index in [0.717, 1.165) is 12.3 Å². The van der Waals surface area contributed by atoms with Crippen LogP contribution >= 0.6 is 11.6 Å². The number of amides is 1. The van der Waals surface area contributed by atoms with Gasteiger partial charge in [-0.15, -0.1) is 0 Å². The summed E-state index contributed by atoms with van der Waals surface area (Å²) in [6.45, 7) is 1.02. The lowest BCUT2D eigenvalue weighted by Crippen LogP contribution is -2.37. The van der Waals surface area contributed by atoms with Crippen molar-refractivity contribution in [3.63, 3.8) is 0 Å². The maximum absolute atomic E-state index is 13.7. The molecule has 9 heteroatoms. The second kappa shape index (κ2) is 8.34. The number of carbonyl (C=O) groups excluding carboxylic acids is 1. The van der Waals surface area contributed by atoms with Gasteiger partial charge < -0.3 is 10.2 Å². The highest BCUT2D eigenvalue weighted by Crippen LogP contribution is 2.30. The lowest BCUT2D eigenvalue weighted by molar-refractivity contribution is -0.137. The molecule has 2 aromatic rings. The van der Waals surface area contributed by atoms with Crippen molar-refractivity contribution in [2.24, 2.45) is 0 Å². The number of pyridine rings is 1. The largest absolute Gasteiger partial charge is 0.417 e. The van der Waals surface area contributed by atoms with E-state index >= 15 is 0 Å². The van der Waals surface area contributed by atoms with Crippen LogP contribution in [0.4, 0.5) is 23.4 Å². The highest BCUT2D eigenvalue weighted by atomic mass is 35.5. The Labute approximate surface area is 164 Å². The predicted octanol–water partition coefficient (Wildman–Crippen LogP) is 4.22. The summed E-state index contributed by atoms with van der Waals surface area (Å²) in [6.07, 6.45) is -2.69. The van der Waals surface area contributed by atoms with Crippen LogP contribution < -0.4 is 10.2 Å². The average Bonchev–Trinajstić information content (AvgIpc) is 3.09. The third kappa shape index (κ3) is 4.92. The molecular weight excluding hydrogens is 398 g/mol. The number of anilines is 1. The summed E-state index contributed by atoms with van der Waals surface area (Å²) in [6, 6.07) is 6.55. The molecule has 28 heavy (non-hydrogen) atoms. The summed E-state index contributed by atoms with van der Waals surface area (Å²) in [7, 11) is 0. The van der Waals surface area contributed by atoms with Gasteiger partial charge in [0.2, 0.25) is 5.91 Å². The number of aromatic nitrogens is 1. The van der Waals surface area contributed by atoms with E-state index in [2.05, 4.69) is 10.3 Å². The Morgan fingerprint density at radius 3 is 2.71 bits per heavy atom. The second-order valence-corrected chi connectivity index (χ2v) is 7.01. The van der Waals surface area contributed by atoms with Crippen molar-refractivity contribution in [3.8, 4) is 0 Å². The fraction of sp³-hybridized carbons (Fsp3) is 0.368. The second-order valence-electron chi connectivity index (χ2n) is 6.60. The molecule has 0 bridgehead atoms. The van der Waals surface area contributed by atoms with Crippen LogP contribution in [0.5, 0.6) is 0 Å². The molecule has 1 saturated heterocycles. The molecule has 4 nitrogen and oxygen atoms in total. The van der Waals surface area contributed by atoms with Crippen LogP contribution in [-0.4, -0.2) is 30.0 Å². The van der Waals surface area contributed by atoms with E-state index in [0.29, 0.717) is 30.9 Å². The predicted molar refractivity (Wildman–Crippen MR) is 97.7 cm³/mol. The molecule has 1 unspecified atom stereocenters. The number of alkyl halides is 3. The fourth-order valence-electron chi connectivity index (χ4n) is 3.14. The van der Waals surface area contributed by atoms with Crippen molar-refractivity contribution < 1.29 is 22.4 Å². The Hall–Kier alpha value is -2.35. The zero-order valence-electron chi connectivity index (χ0n) is 14.8. The number of benzene rings is 1. The lowest BCUT2D eigenvalue weighted by atomic mass is 10.1. The first-order valence-corrected chi connectivity index (χ1v) is 9.12. The van der Waals surface area contributed by atoms with Gasteiger partial charge in [0, 0.05) is 42.3 Å². The molecule has 0 spiro atoms. The SMILES string of the molecule is O=C(CCc1c(F)cccc1Cl)NC1CCN(c2ccc(C(F)(F)F)cn2)C1. The Balaban J connectivity index is 1.51. The third-order valence-electron chi connectivity index (χ3n) is 4.62. The summed E-state index contributed by atoms with van der Waals surface area (Å²) >= 11 is 5.95. The molecule has 1 amide bonds. The highest BCUT2D eigenvalue weighted by molar-refractivity contribution is 6.31. The van der Waals surface area contributed by atoms with E-state index < -0.39 is 17.6 Å². The molecule has 2 heterocycles. The fourth-order valence-corrected chi connectivity index (χ4v) is 3.39. The molecule has 0 aliphatic carbocycles. The molecule has 0 saturated carbocycles. The first kappa shape index (κ1) is 20.4. The topological polar surface area (TPSA) is 45.2 Å². The summed E-state index contributed by atoms with van der Waals surface area (Å²) in [5.41, 5.74) is -0.492. The molecular formula is C19H18ClF4N3O. The minimum Gasteiger partial charge on any atom is -0.354 e. The van der Waals surface area contributed by atoms with Crippen LogP contribution in [0, 0.1) is 5.82 Å². The van der Waals surface area contributed by atoms with Crippen LogP contribution in [0.2, 0.25) is 5.02 Å². The molecule has 1 N–H and O–H groups in total. The van der Waals surface area contributed by atoms with Crippen LogP contribution in [0.3, 0.4) is 0 Å². The molecule has 3 rings (SSSR count). The van der Waals surface area contributed by atoms with Gasteiger partial charge in [0.25, 0.3) is 0 Å². The van der Waals surface area contributed by atoms with E-state index in [1.807, 2.05) is 4.90 Å². The van der Waals surface area contributed by atoms with Gasteiger partial charge in [-0.25, -0.2) is 9.37 Å². The number of nitrogens with one attached hydrogen (secondary N) is 1. The molecule has 0 radical (unpaired) electrons. The van der Waals surface area contributed by atoms with Gasteiger partial charge in [0.1, 0.15) is 11.6 Å². The molecule has 1 atom stereocenters. The summed E-state index contributed by atoms with van der Waals surface area (Å²) in [4.78, 5) is 17.8. The van der Waals surface area contributed by atoms with Crippen molar-refractivity contribution in [3.05, 3.63) is 58.5 Å². The number of halogens is 5. The number of hydrogen-bond donors (Lipinski definition) is 1. The zero-order chi connectivity index (χ0) is 20.3. The van der Waals surface area contributed by atoms with E-state index in [4.69, 9.17) is 11.6 Å². The van der Waals surface area contributed by atoms with E-state index in [1.54, 1.807) is 6.07 Å². The maximum atomic E-state index is 13.7. The van der Waals surface area contributed by atoms with Gasteiger partial charge >= 0.3 is 6.18 Å². The first-order valence-electron chi connectivity index (χ1n) is 8.74. The summed E-state index contributed by atoms with van der Waals surface area (Å²) in [5, 5.41) is 3.15. The molecule has 1 fully saturated rings.